The highest BCUT2D eigenvalue weighted by Crippen LogP contribution is 2.39. The van der Waals surface area contributed by atoms with Crippen molar-refractivity contribution in [2.75, 3.05) is 11.9 Å². The second kappa shape index (κ2) is 14.6. The number of anilines is 1. The maximum absolute atomic E-state index is 14.5. The zero-order valence-electron chi connectivity index (χ0n) is 26.3. The first-order chi connectivity index (χ1) is 21.8. The van der Waals surface area contributed by atoms with Crippen LogP contribution in [0.2, 0.25) is 10.0 Å². The molecule has 0 radical (unpaired) electrons. The monoisotopic (exact) mass is 678 g/mol. The smallest absolute Gasteiger partial charge is 0.405 e. The van der Waals surface area contributed by atoms with Gasteiger partial charge in [0.05, 0.1) is 10.5 Å². The van der Waals surface area contributed by atoms with Gasteiger partial charge in [0.25, 0.3) is 0 Å². The van der Waals surface area contributed by atoms with E-state index in [1.165, 1.54) is 0 Å². The van der Waals surface area contributed by atoms with E-state index in [4.69, 9.17) is 27.6 Å². The van der Waals surface area contributed by atoms with Gasteiger partial charge >= 0.3 is 18.1 Å². The fourth-order valence-corrected chi connectivity index (χ4v) is 6.19. The molecule has 5 amide bonds. The topological polar surface area (TPSA) is 203 Å². The summed E-state index contributed by atoms with van der Waals surface area (Å²) >= 11 is 12.9. The summed E-state index contributed by atoms with van der Waals surface area (Å²) < 4.78 is 5.74. The minimum absolute atomic E-state index is 0.0674. The summed E-state index contributed by atoms with van der Waals surface area (Å²) in [6.07, 6.45) is 0.418. The first-order valence-electron chi connectivity index (χ1n) is 15.3. The second-order valence-electron chi connectivity index (χ2n) is 11.7. The number of fused-ring (bicyclic) bond motifs is 3. The molecule has 0 fully saturated rings. The number of halogens is 2. The van der Waals surface area contributed by atoms with Gasteiger partial charge in [-0.2, -0.15) is 0 Å². The summed E-state index contributed by atoms with van der Waals surface area (Å²) in [4.78, 5) is 55.3. The van der Waals surface area contributed by atoms with E-state index in [9.17, 15) is 24.3 Å². The number of hydrogen-bond donors (Lipinski definition) is 7. The zero-order valence-corrected chi connectivity index (χ0v) is 27.9. The lowest BCUT2D eigenvalue weighted by molar-refractivity contribution is -0.136. The van der Waals surface area contributed by atoms with Gasteiger partial charge in [-0.1, -0.05) is 68.8 Å². The van der Waals surface area contributed by atoms with E-state index in [0.717, 1.165) is 16.6 Å². The number of benzene rings is 1. The van der Waals surface area contributed by atoms with E-state index in [1.807, 2.05) is 20.8 Å². The quantitative estimate of drug-likeness (QED) is 0.140. The molecule has 0 saturated carbocycles. The van der Waals surface area contributed by atoms with Crippen molar-refractivity contribution >= 4 is 64.1 Å². The lowest BCUT2D eigenvalue weighted by Gasteiger charge is -2.39. The van der Waals surface area contributed by atoms with Gasteiger partial charge in [0.1, 0.15) is 17.6 Å². The molecule has 14 nitrogen and oxygen atoms in total. The van der Waals surface area contributed by atoms with Crippen LogP contribution in [0.25, 0.3) is 10.9 Å². The van der Waals surface area contributed by atoms with Crippen LogP contribution < -0.4 is 26.6 Å². The minimum atomic E-state index is -1.51. The van der Waals surface area contributed by atoms with Crippen LogP contribution in [0.3, 0.4) is 0 Å². The second-order valence-corrected chi connectivity index (χ2v) is 12.6. The third kappa shape index (κ3) is 7.49. The number of hydrogen-bond acceptors (Lipinski definition) is 7. The Bertz CT molecular complexity index is 1610. The number of aromatic amines is 1. The molecule has 5 atom stereocenters. The fraction of sp³-hybridized carbons (Fsp3) is 0.533. The standard InChI is InChI=1S/C30H40Cl2N8O6/c1-6-14(4)21(36-29(44)45)24(41)38-30(10-9-20-18(13-30)17-11-16(31)12-19(32)23(17)34-20)26(42)35-22(15(5)7-2)25-39-40-28(46-25)37-27(43)33-8-3/h11-12,14-15,21-22,34,36H,6-10,13H2,1-5H3,(H,35,42)(H,38,41)(H,44,45)(H2,33,37,40,43)/t14?,15?,21-,22-,30+/m0/s1. The van der Waals surface area contributed by atoms with E-state index in [0.29, 0.717) is 41.4 Å². The Morgan fingerprint density at radius 3 is 2.43 bits per heavy atom. The number of aryl methyl sites for hydroxylation is 1. The van der Waals surface area contributed by atoms with Gasteiger partial charge < -0.3 is 35.8 Å². The number of urea groups is 1. The van der Waals surface area contributed by atoms with Crippen molar-refractivity contribution in [3.05, 3.63) is 39.3 Å². The zero-order chi connectivity index (χ0) is 33.8. The predicted molar refractivity (Wildman–Crippen MR) is 173 cm³/mol. The Labute approximate surface area is 276 Å². The van der Waals surface area contributed by atoms with Crippen molar-refractivity contribution in [1.82, 2.24) is 36.4 Å². The predicted octanol–water partition coefficient (Wildman–Crippen LogP) is 4.93. The molecular weight excluding hydrogens is 639 g/mol. The number of nitrogens with zero attached hydrogens (tertiary/aromatic N) is 2. The van der Waals surface area contributed by atoms with Crippen molar-refractivity contribution in [2.24, 2.45) is 11.8 Å². The summed E-state index contributed by atoms with van der Waals surface area (Å²) in [5.74, 6) is -1.63. The van der Waals surface area contributed by atoms with Gasteiger partial charge in [0.2, 0.25) is 17.7 Å². The molecule has 46 heavy (non-hydrogen) atoms. The Morgan fingerprint density at radius 1 is 1.07 bits per heavy atom. The summed E-state index contributed by atoms with van der Waals surface area (Å²) in [7, 11) is 0. The van der Waals surface area contributed by atoms with Crippen LogP contribution in [0, 0.1) is 11.8 Å². The van der Waals surface area contributed by atoms with Crippen LogP contribution >= 0.6 is 23.2 Å². The lowest BCUT2D eigenvalue weighted by atomic mass is 9.78. The molecule has 1 aliphatic carbocycles. The van der Waals surface area contributed by atoms with Crippen LogP contribution in [-0.4, -0.2) is 62.4 Å². The molecule has 0 bridgehead atoms. The van der Waals surface area contributed by atoms with E-state index in [2.05, 4.69) is 41.8 Å². The number of carboxylic acid groups (broad SMARTS) is 1. The molecule has 0 saturated heterocycles. The molecule has 1 aromatic carbocycles. The number of nitrogens with one attached hydrogen (secondary N) is 6. The summed E-state index contributed by atoms with van der Waals surface area (Å²) in [5, 5.41) is 32.4. The van der Waals surface area contributed by atoms with Gasteiger partial charge in [-0.05, 0) is 49.3 Å². The Kier molecular flexibility index (Phi) is 11.0. The average Bonchev–Trinajstić information content (AvgIpc) is 3.62. The Hall–Kier alpha value is -4.04. The van der Waals surface area contributed by atoms with Gasteiger partial charge in [0.15, 0.2) is 0 Å². The third-order valence-corrected chi connectivity index (χ3v) is 9.15. The lowest BCUT2D eigenvalue weighted by Crippen LogP contribution is -2.65. The third-order valence-electron chi connectivity index (χ3n) is 8.64. The normalized spacial score (nSPS) is 18.5. The highest BCUT2D eigenvalue weighted by Gasteiger charge is 2.47. The number of carbonyl (C=O) groups is 4. The van der Waals surface area contributed by atoms with E-state index in [-0.39, 0.29) is 36.6 Å². The molecule has 0 spiro atoms. The molecule has 2 aromatic heterocycles. The number of H-pyrrole nitrogens is 1. The number of carbonyl (C=O) groups excluding carboxylic acids is 3. The molecule has 3 aromatic rings. The first-order valence-corrected chi connectivity index (χ1v) is 16.1. The SMILES string of the molecule is CCNC(=O)Nc1nnc([C@@H](NC(=O)[C@@]2(NC(=O)[C@@H](NC(=O)O)C(C)CC)CCc3[nH]c4c(Cl)cc(Cl)cc4c3C2)C(C)CC)o1. The maximum atomic E-state index is 14.5. The highest BCUT2D eigenvalue weighted by molar-refractivity contribution is 6.38. The molecule has 2 unspecified atom stereocenters. The first kappa shape index (κ1) is 34.8. The number of aromatic nitrogens is 3. The molecule has 2 heterocycles. The summed E-state index contributed by atoms with van der Waals surface area (Å²) in [6, 6.07) is 0.832. The molecule has 4 rings (SSSR count). The Morgan fingerprint density at radius 2 is 1.78 bits per heavy atom. The average molecular weight is 680 g/mol. The molecule has 250 valence electrons. The van der Waals surface area contributed by atoms with Crippen molar-refractivity contribution in [2.45, 2.75) is 84.3 Å². The van der Waals surface area contributed by atoms with Crippen molar-refractivity contribution in [1.29, 1.82) is 0 Å². The van der Waals surface area contributed by atoms with Crippen LogP contribution in [0.5, 0.6) is 0 Å². The van der Waals surface area contributed by atoms with Gasteiger partial charge in [-0.15, -0.1) is 5.10 Å². The molecule has 16 heteroatoms. The fourth-order valence-electron chi connectivity index (χ4n) is 5.65. The van der Waals surface area contributed by atoms with Crippen LogP contribution in [-0.2, 0) is 22.4 Å². The van der Waals surface area contributed by atoms with E-state index < -0.39 is 41.6 Å². The molecule has 0 aliphatic heterocycles. The van der Waals surface area contributed by atoms with E-state index in [1.54, 1.807) is 26.0 Å². The van der Waals surface area contributed by atoms with Crippen molar-refractivity contribution < 1.29 is 28.7 Å². The van der Waals surface area contributed by atoms with Gasteiger partial charge in [0, 0.05) is 29.1 Å². The van der Waals surface area contributed by atoms with Crippen LogP contribution in [0.4, 0.5) is 15.6 Å². The van der Waals surface area contributed by atoms with E-state index >= 15 is 0 Å². The molecule has 1 aliphatic rings. The van der Waals surface area contributed by atoms with Gasteiger partial charge in [-0.3, -0.25) is 14.9 Å². The van der Waals surface area contributed by atoms with Crippen molar-refractivity contribution in [3.8, 4) is 0 Å². The maximum Gasteiger partial charge on any atom is 0.405 e. The summed E-state index contributed by atoms with van der Waals surface area (Å²) in [5.41, 5.74) is 0.779. The largest absolute Gasteiger partial charge is 0.465 e. The minimum Gasteiger partial charge on any atom is -0.465 e. The highest BCUT2D eigenvalue weighted by atomic mass is 35.5. The number of amides is 5. The number of rotatable bonds is 12. The van der Waals surface area contributed by atoms with Crippen LogP contribution in [0.1, 0.15) is 77.1 Å². The van der Waals surface area contributed by atoms with Gasteiger partial charge in [-0.25, -0.2) is 9.59 Å². The molecule has 7 N–H and O–H groups in total. The van der Waals surface area contributed by atoms with Crippen molar-refractivity contribution in [3.63, 3.8) is 0 Å². The van der Waals surface area contributed by atoms with Crippen LogP contribution in [0.15, 0.2) is 16.5 Å². The molecular formula is C30H40Cl2N8O6. The Balaban J connectivity index is 1.74. The summed E-state index contributed by atoms with van der Waals surface area (Å²) in [6.45, 7) is 9.60.